The molecule has 6 nitrogen and oxygen atoms in total. The van der Waals surface area contributed by atoms with Gasteiger partial charge in [0, 0.05) is 25.5 Å². The van der Waals surface area contributed by atoms with Crippen LogP contribution >= 0.6 is 11.3 Å². The van der Waals surface area contributed by atoms with Crippen LogP contribution in [-0.2, 0) is 6.54 Å². The summed E-state index contributed by atoms with van der Waals surface area (Å²) in [5.41, 5.74) is 7.45. The molecule has 0 saturated carbocycles. The number of nitrogens with zero attached hydrogens (tertiary/aromatic N) is 4. The largest absolute Gasteiger partial charge is 0.334 e. The Hall–Kier alpha value is -2.64. The molecular weight excluding hydrogens is 346 g/mol. The van der Waals surface area contributed by atoms with Crippen LogP contribution in [0.2, 0.25) is 0 Å². The molecule has 134 valence electrons. The minimum atomic E-state index is -0.0283. The first kappa shape index (κ1) is 18.2. The zero-order valence-corrected chi connectivity index (χ0v) is 15.4. The summed E-state index contributed by atoms with van der Waals surface area (Å²) >= 11 is 1.33. The van der Waals surface area contributed by atoms with Gasteiger partial charge in [-0.25, -0.2) is 15.0 Å². The molecule has 0 atom stereocenters. The van der Waals surface area contributed by atoms with Crippen LogP contribution < -0.4 is 5.73 Å². The van der Waals surface area contributed by atoms with Gasteiger partial charge in [0.1, 0.15) is 4.88 Å². The summed E-state index contributed by atoms with van der Waals surface area (Å²) in [4.78, 5) is 28.5. The molecule has 0 fully saturated rings. The van der Waals surface area contributed by atoms with Crippen LogP contribution in [0.1, 0.15) is 27.3 Å². The second-order valence-corrected chi connectivity index (χ2v) is 6.86. The van der Waals surface area contributed by atoms with Gasteiger partial charge in [0.2, 0.25) is 0 Å². The van der Waals surface area contributed by atoms with Crippen molar-refractivity contribution in [2.24, 2.45) is 5.73 Å². The molecule has 2 N–H and O–H groups in total. The Kier molecular flexibility index (Phi) is 6.04. The van der Waals surface area contributed by atoms with E-state index in [0.29, 0.717) is 41.0 Å². The first-order valence-corrected chi connectivity index (χ1v) is 9.28. The molecule has 0 radical (unpaired) electrons. The topological polar surface area (TPSA) is 85.0 Å². The van der Waals surface area contributed by atoms with E-state index in [9.17, 15) is 4.79 Å². The normalized spacial score (nSPS) is 10.7. The van der Waals surface area contributed by atoms with E-state index in [0.717, 1.165) is 12.0 Å². The second kappa shape index (κ2) is 8.64. The van der Waals surface area contributed by atoms with Crippen molar-refractivity contribution < 1.29 is 4.79 Å². The molecule has 2 heterocycles. The van der Waals surface area contributed by atoms with Gasteiger partial charge >= 0.3 is 0 Å². The zero-order valence-electron chi connectivity index (χ0n) is 14.6. The van der Waals surface area contributed by atoms with Crippen LogP contribution in [0.5, 0.6) is 0 Å². The van der Waals surface area contributed by atoms with E-state index >= 15 is 0 Å². The highest BCUT2D eigenvalue weighted by atomic mass is 32.1. The highest BCUT2D eigenvalue weighted by molar-refractivity contribution is 7.17. The first-order valence-electron chi connectivity index (χ1n) is 8.47. The fourth-order valence-electron chi connectivity index (χ4n) is 2.58. The molecule has 0 bridgehead atoms. The lowest BCUT2D eigenvalue weighted by molar-refractivity contribution is 0.0746. The summed E-state index contributed by atoms with van der Waals surface area (Å²) in [6.45, 7) is 3.55. The van der Waals surface area contributed by atoms with Gasteiger partial charge in [-0.15, -0.1) is 11.3 Å². The molecule has 26 heavy (non-hydrogen) atoms. The number of rotatable bonds is 7. The van der Waals surface area contributed by atoms with Gasteiger partial charge in [-0.1, -0.05) is 30.3 Å². The predicted octanol–water partition coefficient (Wildman–Crippen LogP) is 2.90. The van der Waals surface area contributed by atoms with Gasteiger partial charge in [0.15, 0.2) is 10.8 Å². The maximum Gasteiger partial charge on any atom is 0.266 e. The van der Waals surface area contributed by atoms with Crippen LogP contribution in [0.3, 0.4) is 0 Å². The number of nitrogens with two attached hydrogens (primary N) is 1. The first-order chi connectivity index (χ1) is 12.7. The molecule has 0 spiro atoms. The van der Waals surface area contributed by atoms with Crippen molar-refractivity contribution >= 4 is 17.2 Å². The fourth-order valence-corrected chi connectivity index (χ4v) is 3.56. The minimum Gasteiger partial charge on any atom is -0.334 e. The number of aromatic nitrogens is 3. The van der Waals surface area contributed by atoms with Crippen LogP contribution in [-0.4, -0.2) is 38.8 Å². The molecule has 7 heteroatoms. The lowest BCUT2D eigenvalue weighted by atomic mass is 10.2. The van der Waals surface area contributed by atoms with Crippen molar-refractivity contribution in [3.8, 4) is 10.8 Å². The minimum absolute atomic E-state index is 0.0283. The quantitative estimate of drug-likeness (QED) is 0.694. The number of hydrogen-bond acceptors (Lipinski definition) is 6. The summed E-state index contributed by atoms with van der Waals surface area (Å²) in [6, 6.07) is 11.7. The van der Waals surface area contributed by atoms with Gasteiger partial charge in [0.05, 0.1) is 5.69 Å². The third-order valence-electron chi connectivity index (χ3n) is 3.88. The Morgan fingerprint density at radius 3 is 2.58 bits per heavy atom. The lowest BCUT2D eigenvalue weighted by Gasteiger charge is -2.22. The molecule has 2 aromatic heterocycles. The highest BCUT2D eigenvalue weighted by Crippen LogP contribution is 2.26. The second-order valence-electron chi connectivity index (χ2n) is 5.86. The smallest absolute Gasteiger partial charge is 0.266 e. The van der Waals surface area contributed by atoms with Crippen LogP contribution in [0.25, 0.3) is 10.8 Å². The van der Waals surface area contributed by atoms with Crippen molar-refractivity contribution in [2.45, 2.75) is 19.9 Å². The number of benzene rings is 1. The summed E-state index contributed by atoms with van der Waals surface area (Å²) in [5.74, 6) is 0.510. The number of carbonyl (C=O) groups is 1. The molecule has 3 aromatic rings. The van der Waals surface area contributed by atoms with Gasteiger partial charge < -0.3 is 10.6 Å². The van der Waals surface area contributed by atoms with E-state index in [4.69, 9.17) is 5.73 Å². The van der Waals surface area contributed by atoms with Crippen molar-refractivity contribution in [3.63, 3.8) is 0 Å². The molecule has 0 aliphatic heterocycles. The van der Waals surface area contributed by atoms with Crippen molar-refractivity contribution in [3.05, 3.63) is 64.9 Å². The average molecular weight is 367 g/mol. The molecule has 0 unspecified atom stereocenters. The lowest BCUT2D eigenvalue weighted by Crippen LogP contribution is -2.32. The molecule has 0 saturated heterocycles. The molecule has 0 aliphatic carbocycles. The van der Waals surface area contributed by atoms with Crippen LogP contribution in [0.15, 0.2) is 48.8 Å². The van der Waals surface area contributed by atoms with Crippen LogP contribution in [0.4, 0.5) is 0 Å². The molecule has 3 rings (SSSR count). The average Bonchev–Trinajstić information content (AvgIpc) is 3.08. The Balaban J connectivity index is 1.85. The van der Waals surface area contributed by atoms with Crippen molar-refractivity contribution in [1.82, 2.24) is 19.9 Å². The fraction of sp³-hybridized carbons (Fsp3) is 0.263. The Bertz CT molecular complexity index is 851. The van der Waals surface area contributed by atoms with E-state index in [1.807, 2.05) is 42.2 Å². The van der Waals surface area contributed by atoms with E-state index < -0.39 is 0 Å². The predicted molar refractivity (Wildman–Crippen MR) is 103 cm³/mol. The van der Waals surface area contributed by atoms with Crippen molar-refractivity contribution in [2.75, 3.05) is 13.1 Å². The molecule has 1 aromatic carbocycles. The number of carbonyl (C=O) groups excluding carboxylic acids is 1. The summed E-state index contributed by atoms with van der Waals surface area (Å²) in [5, 5.41) is 0.657. The maximum absolute atomic E-state index is 13.1. The number of aryl methyl sites for hydroxylation is 1. The monoisotopic (exact) mass is 367 g/mol. The van der Waals surface area contributed by atoms with E-state index in [1.165, 1.54) is 11.3 Å². The zero-order chi connectivity index (χ0) is 18.4. The maximum atomic E-state index is 13.1. The molecule has 0 aliphatic rings. The number of thiazole rings is 1. The van der Waals surface area contributed by atoms with Gasteiger partial charge in [-0.05, 0) is 31.5 Å². The van der Waals surface area contributed by atoms with E-state index in [1.54, 1.807) is 18.5 Å². The third kappa shape index (κ3) is 4.30. The van der Waals surface area contributed by atoms with Gasteiger partial charge in [-0.2, -0.15) is 0 Å². The van der Waals surface area contributed by atoms with E-state index in [-0.39, 0.29) is 5.91 Å². The Morgan fingerprint density at radius 2 is 1.88 bits per heavy atom. The SMILES string of the molecule is Cc1nc(-c2ncccn2)sc1C(=O)N(CCCN)Cc1ccccc1. The summed E-state index contributed by atoms with van der Waals surface area (Å²) in [6.07, 6.45) is 4.10. The van der Waals surface area contributed by atoms with Crippen LogP contribution in [0, 0.1) is 6.92 Å². The Morgan fingerprint density at radius 1 is 1.15 bits per heavy atom. The van der Waals surface area contributed by atoms with Gasteiger partial charge in [0.25, 0.3) is 5.91 Å². The summed E-state index contributed by atoms with van der Waals surface area (Å²) < 4.78 is 0. The third-order valence-corrected chi connectivity index (χ3v) is 5.02. The molecular formula is C19H21N5OS. The number of amides is 1. The highest BCUT2D eigenvalue weighted by Gasteiger charge is 2.22. The summed E-state index contributed by atoms with van der Waals surface area (Å²) in [7, 11) is 0. The standard InChI is InChI=1S/C19H21N5OS/c1-14-16(26-18(23-14)17-21-10-6-11-22-17)19(25)24(12-5-9-20)13-15-7-3-2-4-8-15/h2-4,6-8,10-11H,5,9,12-13,20H2,1H3. The van der Waals surface area contributed by atoms with Crippen molar-refractivity contribution in [1.29, 1.82) is 0 Å². The number of hydrogen-bond donors (Lipinski definition) is 1. The van der Waals surface area contributed by atoms with E-state index in [2.05, 4.69) is 15.0 Å². The molecule has 1 amide bonds. The Labute approximate surface area is 156 Å². The van der Waals surface area contributed by atoms with Gasteiger partial charge in [-0.3, -0.25) is 4.79 Å².